The zero-order valence-electron chi connectivity index (χ0n) is 8.37. The van der Waals surface area contributed by atoms with Crippen molar-refractivity contribution in [1.29, 1.82) is 5.26 Å². The molecule has 14 heavy (non-hydrogen) atoms. The zero-order valence-corrected chi connectivity index (χ0v) is 9.18. The predicted octanol–water partition coefficient (Wildman–Crippen LogP) is 1.11. The summed E-state index contributed by atoms with van der Waals surface area (Å²) in [7, 11) is 0. The first kappa shape index (κ1) is 10.3. The molecule has 4 heteroatoms. The lowest BCUT2D eigenvalue weighted by atomic mass is 9.94. The minimum absolute atomic E-state index is 0.188. The molecule has 0 spiro atoms. The van der Waals surface area contributed by atoms with Crippen LogP contribution in [-0.4, -0.2) is 48.2 Å². The standard InChI is InChI=1S/C10H16N2OS/c11-8-10(2-1-7-14-9-10)12-3-5-13-6-4-12/h1-7,9H2. The fourth-order valence-corrected chi connectivity index (χ4v) is 3.40. The van der Waals surface area contributed by atoms with E-state index in [1.807, 2.05) is 11.8 Å². The van der Waals surface area contributed by atoms with Gasteiger partial charge in [-0.15, -0.1) is 0 Å². The van der Waals surface area contributed by atoms with Gasteiger partial charge in [-0.2, -0.15) is 17.0 Å². The number of rotatable bonds is 1. The van der Waals surface area contributed by atoms with Gasteiger partial charge in [0.2, 0.25) is 0 Å². The zero-order chi connectivity index (χ0) is 9.86. The normalized spacial score (nSPS) is 35.1. The highest BCUT2D eigenvalue weighted by atomic mass is 32.2. The first-order chi connectivity index (χ1) is 6.87. The van der Waals surface area contributed by atoms with E-state index in [-0.39, 0.29) is 5.54 Å². The van der Waals surface area contributed by atoms with Crippen LogP contribution in [0.1, 0.15) is 12.8 Å². The number of hydrogen-bond acceptors (Lipinski definition) is 4. The summed E-state index contributed by atoms with van der Waals surface area (Å²) in [5.74, 6) is 2.19. The van der Waals surface area contributed by atoms with Crippen molar-refractivity contribution in [3.8, 4) is 6.07 Å². The number of ether oxygens (including phenoxy) is 1. The summed E-state index contributed by atoms with van der Waals surface area (Å²) in [6, 6.07) is 2.54. The first-order valence-electron chi connectivity index (χ1n) is 5.19. The molecule has 2 fully saturated rings. The average Bonchev–Trinajstić information content (AvgIpc) is 2.31. The monoisotopic (exact) mass is 212 g/mol. The van der Waals surface area contributed by atoms with E-state index in [1.54, 1.807) is 0 Å². The molecule has 78 valence electrons. The Hall–Kier alpha value is -0.240. The van der Waals surface area contributed by atoms with Gasteiger partial charge in [0.05, 0.1) is 19.3 Å². The van der Waals surface area contributed by atoms with Crippen LogP contribution in [0.5, 0.6) is 0 Å². The van der Waals surface area contributed by atoms with Crippen molar-refractivity contribution in [2.75, 3.05) is 37.8 Å². The van der Waals surface area contributed by atoms with E-state index in [0.717, 1.165) is 38.5 Å². The maximum atomic E-state index is 9.35. The molecule has 2 aliphatic heterocycles. The molecule has 0 aromatic heterocycles. The van der Waals surface area contributed by atoms with E-state index in [2.05, 4.69) is 11.0 Å². The van der Waals surface area contributed by atoms with Crippen LogP contribution in [0.2, 0.25) is 0 Å². The summed E-state index contributed by atoms with van der Waals surface area (Å²) >= 11 is 1.92. The van der Waals surface area contributed by atoms with E-state index in [1.165, 1.54) is 12.2 Å². The van der Waals surface area contributed by atoms with Crippen molar-refractivity contribution < 1.29 is 4.74 Å². The number of nitrogens with zero attached hydrogens (tertiary/aromatic N) is 2. The first-order valence-corrected chi connectivity index (χ1v) is 6.35. The molecular weight excluding hydrogens is 196 g/mol. The molecule has 0 radical (unpaired) electrons. The molecule has 2 heterocycles. The molecule has 1 unspecified atom stereocenters. The van der Waals surface area contributed by atoms with Gasteiger partial charge in [-0.25, -0.2) is 0 Å². The van der Waals surface area contributed by atoms with Gasteiger partial charge in [0.15, 0.2) is 0 Å². The molecule has 0 saturated carbocycles. The largest absolute Gasteiger partial charge is 0.379 e. The van der Waals surface area contributed by atoms with Gasteiger partial charge >= 0.3 is 0 Å². The Morgan fingerprint density at radius 2 is 2.14 bits per heavy atom. The molecule has 0 N–H and O–H groups in total. The van der Waals surface area contributed by atoms with Gasteiger partial charge in [0.25, 0.3) is 0 Å². The Bertz CT molecular complexity index is 227. The van der Waals surface area contributed by atoms with Crippen LogP contribution >= 0.6 is 11.8 Å². The molecule has 0 aromatic rings. The molecule has 0 aromatic carbocycles. The number of thioether (sulfide) groups is 1. The fraction of sp³-hybridized carbons (Fsp3) is 0.900. The maximum absolute atomic E-state index is 9.35. The Labute approximate surface area is 89.4 Å². The topological polar surface area (TPSA) is 36.3 Å². The van der Waals surface area contributed by atoms with E-state index in [9.17, 15) is 5.26 Å². The SMILES string of the molecule is N#CC1(N2CCOCC2)CCCSC1. The van der Waals surface area contributed by atoms with Crippen molar-refractivity contribution >= 4 is 11.8 Å². The highest BCUT2D eigenvalue weighted by Gasteiger charge is 2.39. The lowest BCUT2D eigenvalue weighted by Crippen LogP contribution is -2.55. The molecule has 2 rings (SSSR count). The van der Waals surface area contributed by atoms with Crippen molar-refractivity contribution in [1.82, 2.24) is 4.90 Å². The molecule has 1 atom stereocenters. The van der Waals surface area contributed by atoms with Crippen LogP contribution in [0.4, 0.5) is 0 Å². The number of morpholine rings is 1. The molecular formula is C10H16N2OS. The Kier molecular flexibility index (Phi) is 3.32. The summed E-state index contributed by atoms with van der Waals surface area (Å²) in [6.07, 6.45) is 2.21. The van der Waals surface area contributed by atoms with Crippen LogP contribution in [0.25, 0.3) is 0 Å². The second-order valence-electron chi connectivity index (χ2n) is 3.90. The van der Waals surface area contributed by atoms with Gasteiger partial charge in [0, 0.05) is 18.8 Å². The third-order valence-corrected chi connectivity index (χ3v) is 4.30. The molecule has 0 amide bonds. The Morgan fingerprint density at radius 1 is 1.36 bits per heavy atom. The summed E-state index contributed by atoms with van der Waals surface area (Å²) in [5, 5.41) is 9.35. The van der Waals surface area contributed by atoms with Crippen molar-refractivity contribution in [2.24, 2.45) is 0 Å². The lowest BCUT2D eigenvalue weighted by molar-refractivity contribution is 0.0000435. The lowest BCUT2D eigenvalue weighted by Gasteiger charge is -2.42. The van der Waals surface area contributed by atoms with Crippen molar-refractivity contribution in [3.63, 3.8) is 0 Å². The Balaban J connectivity index is 2.06. The smallest absolute Gasteiger partial charge is 0.118 e. The minimum atomic E-state index is -0.188. The molecule has 2 saturated heterocycles. The summed E-state index contributed by atoms with van der Waals surface area (Å²) in [5.41, 5.74) is -0.188. The summed E-state index contributed by atoms with van der Waals surface area (Å²) in [6.45, 7) is 3.42. The quantitative estimate of drug-likeness (QED) is 0.652. The van der Waals surface area contributed by atoms with E-state index >= 15 is 0 Å². The minimum Gasteiger partial charge on any atom is -0.379 e. The van der Waals surface area contributed by atoms with Crippen LogP contribution in [0.15, 0.2) is 0 Å². The van der Waals surface area contributed by atoms with Crippen LogP contribution in [0.3, 0.4) is 0 Å². The van der Waals surface area contributed by atoms with E-state index in [4.69, 9.17) is 4.74 Å². The van der Waals surface area contributed by atoms with Crippen LogP contribution in [-0.2, 0) is 4.74 Å². The van der Waals surface area contributed by atoms with Gasteiger partial charge in [-0.3, -0.25) is 4.90 Å². The van der Waals surface area contributed by atoms with Gasteiger partial charge < -0.3 is 4.74 Å². The molecule has 0 aliphatic carbocycles. The second kappa shape index (κ2) is 4.52. The van der Waals surface area contributed by atoms with E-state index < -0.39 is 0 Å². The second-order valence-corrected chi connectivity index (χ2v) is 5.00. The third-order valence-electron chi connectivity index (χ3n) is 3.04. The maximum Gasteiger partial charge on any atom is 0.118 e. The molecule has 2 aliphatic rings. The van der Waals surface area contributed by atoms with Gasteiger partial charge in [-0.1, -0.05) is 0 Å². The van der Waals surface area contributed by atoms with Gasteiger partial charge in [-0.05, 0) is 18.6 Å². The highest BCUT2D eigenvalue weighted by molar-refractivity contribution is 7.99. The molecule has 0 bridgehead atoms. The van der Waals surface area contributed by atoms with E-state index in [0.29, 0.717) is 0 Å². The Morgan fingerprint density at radius 3 is 2.71 bits per heavy atom. The van der Waals surface area contributed by atoms with Gasteiger partial charge in [0.1, 0.15) is 5.54 Å². The third kappa shape index (κ3) is 1.90. The summed E-state index contributed by atoms with van der Waals surface area (Å²) in [4.78, 5) is 2.32. The fourth-order valence-electron chi connectivity index (χ4n) is 2.18. The highest BCUT2D eigenvalue weighted by Crippen LogP contribution is 2.32. The number of nitriles is 1. The van der Waals surface area contributed by atoms with Crippen LogP contribution in [0, 0.1) is 11.3 Å². The van der Waals surface area contributed by atoms with Crippen LogP contribution < -0.4 is 0 Å². The average molecular weight is 212 g/mol. The number of hydrogen-bond donors (Lipinski definition) is 0. The van der Waals surface area contributed by atoms with Crippen molar-refractivity contribution in [3.05, 3.63) is 0 Å². The predicted molar refractivity (Wildman–Crippen MR) is 57.3 cm³/mol. The molecule has 3 nitrogen and oxygen atoms in total. The van der Waals surface area contributed by atoms with Crippen molar-refractivity contribution in [2.45, 2.75) is 18.4 Å². The summed E-state index contributed by atoms with van der Waals surface area (Å²) < 4.78 is 5.32.